The number of hydrazine groups is 1. The molecule has 1 heterocycles. The van der Waals surface area contributed by atoms with Crippen LogP contribution in [0.2, 0.25) is 0 Å². The average molecular weight is 345 g/mol. The summed E-state index contributed by atoms with van der Waals surface area (Å²) in [5, 5.41) is 1.91. The van der Waals surface area contributed by atoms with Crippen molar-refractivity contribution < 1.29 is 9.53 Å². The van der Waals surface area contributed by atoms with E-state index in [0.717, 1.165) is 29.8 Å². The molecule has 1 aliphatic rings. The molecule has 1 saturated carbocycles. The number of rotatable bonds is 4. The van der Waals surface area contributed by atoms with E-state index in [-0.39, 0.29) is 0 Å². The van der Waals surface area contributed by atoms with Gasteiger partial charge < -0.3 is 4.74 Å². The summed E-state index contributed by atoms with van der Waals surface area (Å²) in [6.45, 7) is 7.60. The molecule has 5 nitrogen and oxygen atoms in total. The SMILES string of the molecule is Cc1ncsc1-c1ccc(N(NC(=O)OC(C)(C)C)C2CC2)cc1. The minimum absolute atomic E-state index is 0.341. The molecule has 128 valence electrons. The number of aromatic nitrogens is 1. The van der Waals surface area contributed by atoms with Crippen molar-refractivity contribution >= 4 is 23.1 Å². The second kappa shape index (κ2) is 6.43. The van der Waals surface area contributed by atoms with E-state index in [1.165, 1.54) is 4.88 Å². The van der Waals surface area contributed by atoms with Crippen LogP contribution in [0.1, 0.15) is 39.3 Å². The van der Waals surface area contributed by atoms with Crippen molar-refractivity contribution in [2.75, 3.05) is 5.01 Å². The maximum absolute atomic E-state index is 12.1. The van der Waals surface area contributed by atoms with Gasteiger partial charge in [0.25, 0.3) is 0 Å². The highest BCUT2D eigenvalue weighted by molar-refractivity contribution is 7.13. The molecule has 0 unspecified atom stereocenters. The summed E-state index contributed by atoms with van der Waals surface area (Å²) in [4.78, 5) is 17.6. The van der Waals surface area contributed by atoms with Crippen molar-refractivity contribution in [3.05, 3.63) is 35.5 Å². The topological polar surface area (TPSA) is 54.5 Å². The summed E-state index contributed by atoms with van der Waals surface area (Å²) in [6.07, 6.45) is 1.73. The Kier molecular flexibility index (Phi) is 4.49. The molecule has 1 aromatic heterocycles. The van der Waals surface area contributed by atoms with Gasteiger partial charge in [-0.05, 0) is 58.2 Å². The Balaban J connectivity index is 1.75. The van der Waals surface area contributed by atoms with Crippen molar-refractivity contribution in [1.82, 2.24) is 10.4 Å². The number of anilines is 1. The van der Waals surface area contributed by atoms with E-state index in [0.29, 0.717) is 6.04 Å². The van der Waals surface area contributed by atoms with E-state index in [2.05, 4.69) is 22.5 Å². The second-order valence-electron chi connectivity index (χ2n) is 7.03. The highest BCUT2D eigenvalue weighted by Gasteiger charge is 2.32. The normalized spacial score (nSPS) is 14.3. The van der Waals surface area contributed by atoms with Crippen LogP contribution in [0.15, 0.2) is 29.8 Å². The van der Waals surface area contributed by atoms with Gasteiger partial charge in [-0.3, -0.25) is 5.01 Å². The lowest BCUT2D eigenvalue weighted by atomic mass is 10.1. The Morgan fingerprint density at radius 2 is 1.96 bits per heavy atom. The molecule has 6 heteroatoms. The molecule has 3 rings (SSSR count). The van der Waals surface area contributed by atoms with Crippen LogP contribution < -0.4 is 10.4 Å². The number of nitrogens with zero attached hydrogens (tertiary/aromatic N) is 2. The first-order valence-corrected chi connectivity index (χ1v) is 9.01. The van der Waals surface area contributed by atoms with Gasteiger partial charge in [0.2, 0.25) is 0 Å². The van der Waals surface area contributed by atoms with Crippen LogP contribution >= 0.6 is 11.3 Å². The molecule has 0 spiro atoms. The van der Waals surface area contributed by atoms with E-state index >= 15 is 0 Å². The molecule has 0 radical (unpaired) electrons. The van der Waals surface area contributed by atoms with Gasteiger partial charge in [-0.1, -0.05) is 12.1 Å². The van der Waals surface area contributed by atoms with Crippen LogP contribution in [0, 0.1) is 6.92 Å². The summed E-state index contributed by atoms with van der Waals surface area (Å²) in [5.41, 5.74) is 7.39. The first-order chi connectivity index (χ1) is 11.3. The smallest absolute Gasteiger partial charge is 0.426 e. The number of ether oxygens (including phenoxy) is 1. The maximum Gasteiger partial charge on any atom is 0.426 e. The standard InChI is InChI=1S/C18H23N3O2S/c1-12-16(24-11-19-12)13-5-7-14(8-6-13)21(15-9-10-15)20-17(22)23-18(2,3)4/h5-8,11,15H,9-10H2,1-4H3,(H,20,22). The largest absolute Gasteiger partial charge is 0.443 e. The molecular weight excluding hydrogens is 322 g/mol. The van der Waals surface area contributed by atoms with Gasteiger partial charge in [0.15, 0.2) is 0 Å². The molecule has 1 N–H and O–H groups in total. The number of aryl methyl sites for hydroxylation is 1. The van der Waals surface area contributed by atoms with Gasteiger partial charge in [-0.2, -0.15) is 0 Å². The van der Waals surface area contributed by atoms with Crippen LogP contribution in [0.3, 0.4) is 0 Å². The molecule has 1 aliphatic carbocycles. The van der Waals surface area contributed by atoms with Gasteiger partial charge in [-0.25, -0.2) is 15.2 Å². The molecule has 0 aliphatic heterocycles. The van der Waals surface area contributed by atoms with E-state index in [9.17, 15) is 4.79 Å². The fourth-order valence-electron chi connectivity index (χ4n) is 2.45. The highest BCUT2D eigenvalue weighted by Crippen LogP contribution is 2.33. The highest BCUT2D eigenvalue weighted by atomic mass is 32.1. The zero-order valence-electron chi connectivity index (χ0n) is 14.5. The molecule has 1 amide bonds. The summed E-state index contributed by atoms with van der Waals surface area (Å²) < 4.78 is 5.37. The number of hydrogen-bond donors (Lipinski definition) is 1. The Morgan fingerprint density at radius 3 is 2.46 bits per heavy atom. The number of carbonyl (C=O) groups excluding carboxylic acids is 1. The van der Waals surface area contributed by atoms with Crippen LogP contribution in [-0.2, 0) is 4.74 Å². The van der Waals surface area contributed by atoms with Crippen LogP contribution in [0.25, 0.3) is 10.4 Å². The third kappa shape index (κ3) is 4.06. The third-order valence-electron chi connectivity index (χ3n) is 3.68. The Labute approximate surface area is 146 Å². The minimum Gasteiger partial charge on any atom is -0.443 e. The second-order valence-corrected chi connectivity index (χ2v) is 7.88. The number of thiazole rings is 1. The van der Waals surface area contributed by atoms with Crippen molar-refractivity contribution in [3.8, 4) is 10.4 Å². The summed E-state index contributed by atoms with van der Waals surface area (Å²) in [6, 6.07) is 8.55. The molecule has 1 fully saturated rings. The Hall–Kier alpha value is -2.08. The van der Waals surface area contributed by atoms with Crippen LogP contribution in [0.4, 0.5) is 10.5 Å². The third-order valence-corrected chi connectivity index (χ3v) is 4.65. The quantitative estimate of drug-likeness (QED) is 0.827. The molecular formula is C18H23N3O2S. The first kappa shape index (κ1) is 16.8. The number of hydrogen-bond acceptors (Lipinski definition) is 5. The number of benzene rings is 1. The van der Waals surface area contributed by atoms with E-state index in [1.807, 2.05) is 50.3 Å². The number of amides is 1. The fourth-order valence-corrected chi connectivity index (χ4v) is 3.26. The number of nitrogens with one attached hydrogen (secondary N) is 1. The summed E-state index contributed by atoms with van der Waals surface area (Å²) in [5.74, 6) is 0. The monoisotopic (exact) mass is 345 g/mol. The average Bonchev–Trinajstić information content (AvgIpc) is 3.25. The van der Waals surface area contributed by atoms with Crippen LogP contribution in [-0.4, -0.2) is 22.7 Å². The first-order valence-electron chi connectivity index (χ1n) is 8.13. The van der Waals surface area contributed by atoms with Gasteiger partial charge >= 0.3 is 6.09 Å². The molecule has 0 atom stereocenters. The van der Waals surface area contributed by atoms with Crippen LogP contribution in [0.5, 0.6) is 0 Å². The fraction of sp³-hybridized carbons (Fsp3) is 0.444. The Bertz CT molecular complexity index is 715. The van der Waals surface area contributed by atoms with Gasteiger partial charge in [0, 0.05) is 0 Å². The predicted molar refractivity (Wildman–Crippen MR) is 97.2 cm³/mol. The zero-order chi connectivity index (χ0) is 17.3. The lowest BCUT2D eigenvalue weighted by molar-refractivity contribution is 0.0519. The molecule has 1 aromatic carbocycles. The van der Waals surface area contributed by atoms with Crippen molar-refractivity contribution in [1.29, 1.82) is 0 Å². The maximum atomic E-state index is 12.1. The molecule has 24 heavy (non-hydrogen) atoms. The lowest BCUT2D eigenvalue weighted by Gasteiger charge is -2.27. The van der Waals surface area contributed by atoms with Gasteiger partial charge in [-0.15, -0.1) is 11.3 Å². The molecule has 0 saturated heterocycles. The zero-order valence-corrected chi connectivity index (χ0v) is 15.3. The van der Waals surface area contributed by atoms with Crippen molar-refractivity contribution in [3.63, 3.8) is 0 Å². The minimum atomic E-state index is -0.507. The lowest BCUT2D eigenvalue weighted by Crippen LogP contribution is -2.46. The molecule has 0 bridgehead atoms. The van der Waals surface area contributed by atoms with Gasteiger partial charge in [0.05, 0.1) is 27.8 Å². The van der Waals surface area contributed by atoms with E-state index in [1.54, 1.807) is 11.3 Å². The van der Waals surface area contributed by atoms with Crippen molar-refractivity contribution in [2.45, 2.75) is 52.2 Å². The van der Waals surface area contributed by atoms with Gasteiger partial charge in [0.1, 0.15) is 5.60 Å². The number of carbonyl (C=O) groups is 1. The van der Waals surface area contributed by atoms with E-state index in [4.69, 9.17) is 4.74 Å². The molecule has 2 aromatic rings. The predicted octanol–water partition coefficient (Wildman–Crippen LogP) is 4.53. The van der Waals surface area contributed by atoms with E-state index < -0.39 is 11.7 Å². The van der Waals surface area contributed by atoms with Crippen molar-refractivity contribution in [2.24, 2.45) is 0 Å². The Morgan fingerprint density at radius 1 is 1.29 bits per heavy atom. The summed E-state index contributed by atoms with van der Waals surface area (Å²) >= 11 is 1.64. The summed E-state index contributed by atoms with van der Waals surface area (Å²) in [7, 11) is 0.